The number of nitrogens with one attached hydrogen (secondary N) is 2. The minimum absolute atomic E-state index is 0.0424. The number of carbonyl (C=O) groups is 1. The van der Waals surface area contributed by atoms with Crippen molar-refractivity contribution in [2.75, 3.05) is 13.6 Å². The van der Waals surface area contributed by atoms with Crippen LogP contribution in [0.4, 0.5) is 4.39 Å². The van der Waals surface area contributed by atoms with Crippen LogP contribution in [-0.4, -0.2) is 36.5 Å². The number of halogens is 1. The summed E-state index contributed by atoms with van der Waals surface area (Å²) in [5, 5.41) is 8.71. The third-order valence-electron chi connectivity index (χ3n) is 5.64. The van der Waals surface area contributed by atoms with E-state index in [1.165, 1.54) is 22.4 Å². The zero-order valence-electron chi connectivity index (χ0n) is 16.6. The molecule has 1 fully saturated rings. The first-order valence-corrected chi connectivity index (χ1v) is 10.0. The molecule has 0 aliphatic carbocycles. The predicted molar refractivity (Wildman–Crippen MR) is 114 cm³/mol. The van der Waals surface area contributed by atoms with Gasteiger partial charge in [-0.1, -0.05) is 48.5 Å². The van der Waals surface area contributed by atoms with E-state index >= 15 is 0 Å². The number of likely N-dealkylation sites (tertiary alicyclic amines) is 1. The highest BCUT2D eigenvalue weighted by Gasteiger charge is 2.36. The van der Waals surface area contributed by atoms with Crippen molar-refractivity contribution < 1.29 is 9.18 Å². The predicted octanol–water partition coefficient (Wildman–Crippen LogP) is 3.46. The van der Waals surface area contributed by atoms with Gasteiger partial charge in [0.15, 0.2) is 0 Å². The monoisotopic (exact) mass is 391 g/mol. The van der Waals surface area contributed by atoms with Crippen LogP contribution in [0.3, 0.4) is 0 Å². The molecule has 0 spiro atoms. The molecule has 1 saturated heterocycles. The smallest absolute Gasteiger partial charge is 0.237 e. The molecule has 5 heteroatoms. The van der Waals surface area contributed by atoms with E-state index in [1.54, 1.807) is 19.2 Å². The van der Waals surface area contributed by atoms with Crippen molar-refractivity contribution in [3.8, 4) is 0 Å². The van der Waals surface area contributed by atoms with Gasteiger partial charge in [-0.15, -0.1) is 0 Å². The molecule has 1 heterocycles. The third kappa shape index (κ3) is 4.63. The van der Waals surface area contributed by atoms with Crippen molar-refractivity contribution in [1.29, 1.82) is 0 Å². The van der Waals surface area contributed by atoms with Crippen LogP contribution in [0.15, 0.2) is 66.7 Å². The summed E-state index contributed by atoms with van der Waals surface area (Å²) in [4.78, 5) is 14.7. The molecule has 4 nitrogen and oxygen atoms in total. The van der Waals surface area contributed by atoms with E-state index in [0.29, 0.717) is 6.54 Å². The van der Waals surface area contributed by atoms with Gasteiger partial charge in [0.2, 0.25) is 5.91 Å². The van der Waals surface area contributed by atoms with E-state index in [9.17, 15) is 9.18 Å². The average molecular weight is 391 g/mol. The summed E-state index contributed by atoms with van der Waals surface area (Å²) in [6, 6.07) is 21.4. The van der Waals surface area contributed by atoms with Crippen LogP contribution in [0.25, 0.3) is 10.8 Å². The molecule has 1 amide bonds. The molecule has 3 aromatic carbocycles. The Morgan fingerprint density at radius 2 is 1.86 bits per heavy atom. The lowest BCUT2D eigenvalue weighted by molar-refractivity contribution is -0.125. The van der Waals surface area contributed by atoms with E-state index < -0.39 is 0 Å². The van der Waals surface area contributed by atoms with Crippen molar-refractivity contribution in [3.63, 3.8) is 0 Å². The highest BCUT2D eigenvalue weighted by molar-refractivity contribution is 5.83. The Kier molecular flexibility index (Phi) is 5.88. The fraction of sp³-hybridized carbons (Fsp3) is 0.292. The maximum atomic E-state index is 13.4. The number of fused-ring (bicyclic) bond motifs is 1. The molecule has 2 N–H and O–H groups in total. The van der Waals surface area contributed by atoms with Crippen LogP contribution in [0.2, 0.25) is 0 Å². The number of benzene rings is 3. The van der Waals surface area contributed by atoms with Crippen LogP contribution in [0.5, 0.6) is 0 Å². The highest BCUT2D eigenvalue weighted by atomic mass is 19.1. The standard InChI is InChI=1S/C24H26FN3O/c1-26-24(29)23-13-22(27-14-17-5-4-8-21(25)12-17)16-28(23)15-18-9-10-19-6-2-3-7-20(19)11-18/h2-12,22-23,27H,13-16H2,1H3,(H,26,29)/t22-,23+/m1/s1. The second-order valence-electron chi connectivity index (χ2n) is 7.68. The molecule has 0 unspecified atom stereocenters. The maximum absolute atomic E-state index is 13.4. The molecular formula is C24H26FN3O. The summed E-state index contributed by atoms with van der Waals surface area (Å²) in [5.74, 6) is -0.183. The van der Waals surface area contributed by atoms with Gasteiger partial charge in [-0.25, -0.2) is 4.39 Å². The molecule has 2 atom stereocenters. The van der Waals surface area contributed by atoms with E-state index in [0.717, 1.165) is 25.1 Å². The number of hydrogen-bond donors (Lipinski definition) is 2. The molecule has 3 aromatic rings. The van der Waals surface area contributed by atoms with Gasteiger partial charge in [-0.3, -0.25) is 9.69 Å². The Balaban J connectivity index is 1.45. The molecule has 0 radical (unpaired) electrons. The van der Waals surface area contributed by atoms with E-state index in [1.807, 2.05) is 18.2 Å². The Bertz CT molecular complexity index is 1010. The number of hydrogen-bond acceptors (Lipinski definition) is 3. The second-order valence-corrected chi connectivity index (χ2v) is 7.68. The van der Waals surface area contributed by atoms with Crippen LogP contribution >= 0.6 is 0 Å². The van der Waals surface area contributed by atoms with E-state index in [-0.39, 0.29) is 23.8 Å². The fourth-order valence-corrected chi connectivity index (χ4v) is 4.15. The summed E-state index contributed by atoms with van der Waals surface area (Å²) in [5.41, 5.74) is 2.11. The lowest BCUT2D eigenvalue weighted by atomic mass is 10.1. The maximum Gasteiger partial charge on any atom is 0.237 e. The molecule has 0 aromatic heterocycles. The van der Waals surface area contributed by atoms with Crippen molar-refractivity contribution in [1.82, 2.24) is 15.5 Å². The van der Waals surface area contributed by atoms with Gasteiger partial charge in [0, 0.05) is 32.7 Å². The SMILES string of the molecule is CNC(=O)[C@@H]1C[C@@H](NCc2cccc(F)c2)CN1Cc1ccc2ccccc2c1. The van der Waals surface area contributed by atoms with Gasteiger partial charge in [-0.2, -0.15) is 0 Å². The first-order chi connectivity index (χ1) is 14.1. The van der Waals surface area contributed by atoms with Crippen molar-refractivity contribution in [2.24, 2.45) is 0 Å². The number of carbonyl (C=O) groups excluding carboxylic acids is 1. The summed E-state index contributed by atoms with van der Waals surface area (Å²) < 4.78 is 13.4. The first kappa shape index (κ1) is 19.6. The van der Waals surface area contributed by atoms with Crippen molar-refractivity contribution >= 4 is 16.7 Å². The Morgan fingerprint density at radius 1 is 1.03 bits per heavy atom. The molecular weight excluding hydrogens is 365 g/mol. The molecule has 0 saturated carbocycles. The van der Waals surface area contributed by atoms with Gasteiger partial charge in [-0.05, 0) is 46.5 Å². The molecule has 150 valence electrons. The molecule has 4 rings (SSSR count). The Morgan fingerprint density at radius 3 is 2.66 bits per heavy atom. The summed E-state index contributed by atoms with van der Waals surface area (Å²) in [6.45, 7) is 2.09. The average Bonchev–Trinajstić information content (AvgIpc) is 3.14. The van der Waals surface area contributed by atoms with Crippen LogP contribution < -0.4 is 10.6 Å². The van der Waals surface area contributed by atoms with Gasteiger partial charge in [0.1, 0.15) is 5.82 Å². The minimum Gasteiger partial charge on any atom is -0.358 e. The summed E-state index contributed by atoms with van der Waals surface area (Å²) >= 11 is 0. The fourth-order valence-electron chi connectivity index (χ4n) is 4.15. The normalized spacial score (nSPS) is 19.5. The van der Waals surface area contributed by atoms with Crippen LogP contribution in [-0.2, 0) is 17.9 Å². The largest absolute Gasteiger partial charge is 0.358 e. The molecule has 1 aliphatic rings. The Labute approximate surface area is 170 Å². The lowest BCUT2D eigenvalue weighted by Crippen LogP contribution is -2.41. The summed E-state index contributed by atoms with van der Waals surface area (Å²) in [6.07, 6.45) is 0.739. The molecule has 29 heavy (non-hydrogen) atoms. The van der Waals surface area contributed by atoms with E-state index in [2.05, 4.69) is 45.9 Å². The van der Waals surface area contributed by atoms with Gasteiger partial charge in [0.25, 0.3) is 0 Å². The lowest BCUT2D eigenvalue weighted by Gasteiger charge is -2.23. The third-order valence-corrected chi connectivity index (χ3v) is 5.64. The second kappa shape index (κ2) is 8.72. The zero-order valence-corrected chi connectivity index (χ0v) is 16.6. The van der Waals surface area contributed by atoms with Crippen molar-refractivity contribution in [2.45, 2.75) is 31.6 Å². The number of amides is 1. The highest BCUT2D eigenvalue weighted by Crippen LogP contribution is 2.23. The number of likely N-dealkylation sites (N-methyl/N-ethyl adjacent to an activating group) is 1. The van der Waals surface area contributed by atoms with Crippen LogP contribution in [0.1, 0.15) is 17.5 Å². The Hall–Kier alpha value is -2.76. The minimum atomic E-state index is -0.225. The van der Waals surface area contributed by atoms with Crippen LogP contribution in [0, 0.1) is 5.82 Å². The molecule has 0 bridgehead atoms. The van der Waals surface area contributed by atoms with E-state index in [4.69, 9.17) is 0 Å². The number of nitrogens with zero attached hydrogens (tertiary/aromatic N) is 1. The van der Waals surface area contributed by atoms with Gasteiger partial charge >= 0.3 is 0 Å². The zero-order chi connectivity index (χ0) is 20.2. The number of rotatable bonds is 6. The topological polar surface area (TPSA) is 44.4 Å². The van der Waals surface area contributed by atoms with Crippen molar-refractivity contribution in [3.05, 3.63) is 83.7 Å². The summed E-state index contributed by atoms with van der Waals surface area (Å²) in [7, 11) is 1.68. The van der Waals surface area contributed by atoms with Gasteiger partial charge < -0.3 is 10.6 Å². The molecule has 1 aliphatic heterocycles. The quantitative estimate of drug-likeness (QED) is 0.676. The first-order valence-electron chi connectivity index (χ1n) is 10.0. The van der Waals surface area contributed by atoms with Gasteiger partial charge in [0.05, 0.1) is 6.04 Å².